The molecule has 1 atom stereocenters. The van der Waals surface area contributed by atoms with Crippen LogP contribution in [0.2, 0.25) is 0 Å². The van der Waals surface area contributed by atoms with Crippen LogP contribution in [0.5, 0.6) is 11.6 Å². The van der Waals surface area contributed by atoms with Crippen LogP contribution in [0.1, 0.15) is 29.3 Å². The predicted octanol–water partition coefficient (Wildman–Crippen LogP) is 1.79. The minimum atomic E-state index is -0.241. The molecule has 1 amide bonds. The average Bonchev–Trinajstić information content (AvgIpc) is 3.26. The highest BCUT2D eigenvalue weighted by Crippen LogP contribution is 2.41. The average molecular weight is 387 g/mol. The number of carbonyl (C=O) groups is 1. The molecular formula is C18H21N5O3S. The molecule has 2 aromatic heterocycles. The molecular weight excluding hydrogens is 366 g/mol. The maximum atomic E-state index is 11.5. The van der Waals surface area contributed by atoms with Gasteiger partial charge in [0.05, 0.1) is 18.0 Å². The van der Waals surface area contributed by atoms with Crippen LogP contribution >= 0.6 is 11.3 Å². The molecule has 1 aromatic carbocycles. The van der Waals surface area contributed by atoms with Gasteiger partial charge in [0.15, 0.2) is 0 Å². The molecule has 1 aliphatic rings. The summed E-state index contributed by atoms with van der Waals surface area (Å²) in [6.07, 6.45) is 2.84. The maximum Gasteiger partial charge on any atom is 0.230 e. The predicted molar refractivity (Wildman–Crippen MR) is 101 cm³/mol. The van der Waals surface area contributed by atoms with Gasteiger partial charge < -0.3 is 15.6 Å². The van der Waals surface area contributed by atoms with Gasteiger partial charge in [0.1, 0.15) is 12.1 Å². The number of piperidine rings is 1. The van der Waals surface area contributed by atoms with Crippen LogP contribution < -0.4 is 10.5 Å². The van der Waals surface area contributed by atoms with Crippen molar-refractivity contribution in [3.63, 3.8) is 0 Å². The molecule has 142 valence electrons. The van der Waals surface area contributed by atoms with Crippen molar-refractivity contribution in [1.82, 2.24) is 19.5 Å². The molecule has 0 bridgehead atoms. The summed E-state index contributed by atoms with van der Waals surface area (Å²) in [5.74, 6) is 0.512. The van der Waals surface area contributed by atoms with E-state index >= 15 is 0 Å². The molecule has 27 heavy (non-hydrogen) atoms. The Morgan fingerprint density at radius 3 is 2.85 bits per heavy atom. The molecule has 0 saturated carbocycles. The molecule has 1 saturated heterocycles. The SMILES string of the molecule is COc1cccc([C@@H](c2sc3ncnn3c2O)N2CCC(C(N)=O)CC2)c1. The Bertz CT molecular complexity index is 961. The van der Waals surface area contributed by atoms with Crippen LogP contribution in [-0.4, -0.2) is 50.7 Å². The quantitative estimate of drug-likeness (QED) is 0.691. The molecule has 3 heterocycles. The summed E-state index contributed by atoms with van der Waals surface area (Å²) in [7, 11) is 1.63. The Balaban J connectivity index is 1.74. The van der Waals surface area contributed by atoms with E-state index in [1.54, 1.807) is 7.11 Å². The lowest BCUT2D eigenvalue weighted by atomic mass is 9.93. The van der Waals surface area contributed by atoms with Crippen molar-refractivity contribution in [2.24, 2.45) is 11.7 Å². The van der Waals surface area contributed by atoms with Gasteiger partial charge in [-0.15, -0.1) is 0 Å². The minimum Gasteiger partial charge on any atom is -0.497 e. The zero-order valence-electron chi connectivity index (χ0n) is 14.9. The van der Waals surface area contributed by atoms with Crippen LogP contribution in [0.3, 0.4) is 0 Å². The number of amides is 1. The number of benzene rings is 1. The number of methoxy groups -OCH3 is 1. The third-order valence-corrected chi connectivity index (χ3v) is 6.18. The van der Waals surface area contributed by atoms with Crippen molar-refractivity contribution in [3.8, 4) is 11.6 Å². The molecule has 0 aliphatic carbocycles. The number of fused-ring (bicyclic) bond motifs is 1. The number of likely N-dealkylation sites (tertiary alicyclic amines) is 1. The lowest BCUT2D eigenvalue weighted by Crippen LogP contribution is -2.40. The molecule has 3 N–H and O–H groups in total. The fraction of sp³-hybridized carbons (Fsp3) is 0.389. The molecule has 1 aliphatic heterocycles. The Morgan fingerprint density at radius 2 is 2.19 bits per heavy atom. The minimum absolute atomic E-state index is 0.0943. The number of hydrogen-bond acceptors (Lipinski definition) is 7. The molecule has 0 spiro atoms. The molecule has 1 fully saturated rings. The lowest BCUT2D eigenvalue weighted by Gasteiger charge is -2.36. The van der Waals surface area contributed by atoms with E-state index in [9.17, 15) is 9.90 Å². The number of primary amides is 1. The third-order valence-electron chi connectivity index (χ3n) is 5.09. The third kappa shape index (κ3) is 3.24. The van der Waals surface area contributed by atoms with Gasteiger partial charge in [0.25, 0.3) is 0 Å². The van der Waals surface area contributed by atoms with E-state index in [2.05, 4.69) is 15.0 Å². The van der Waals surface area contributed by atoms with E-state index in [4.69, 9.17) is 10.5 Å². The molecule has 0 unspecified atom stereocenters. The second-order valence-corrected chi connectivity index (χ2v) is 7.65. The number of rotatable bonds is 5. The Morgan fingerprint density at radius 1 is 1.41 bits per heavy atom. The lowest BCUT2D eigenvalue weighted by molar-refractivity contribution is -0.123. The highest BCUT2D eigenvalue weighted by Gasteiger charge is 2.33. The summed E-state index contributed by atoms with van der Waals surface area (Å²) in [6.45, 7) is 1.42. The van der Waals surface area contributed by atoms with E-state index in [1.807, 2.05) is 24.3 Å². The summed E-state index contributed by atoms with van der Waals surface area (Å²) in [5.41, 5.74) is 6.48. The van der Waals surface area contributed by atoms with Crippen LogP contribution in [-0.2, 0) is 4.79 Å². The van der Waals surface area contributed by atoms with Crippen LogP contribution in [0.4, 0.5) is 0 Å². The van der Waals surface area contributed by atoms with E-state index < -0.39 is 0 Å². The summed E-state index contributed by atoms with van der Waals surface area (Å²) in [6, 6.07) is 7.64. The second-order valence-electron chi connectivity index (χ2n) is 6.64. The number of aromatic nitrogens is 3. The number of carbonyl (C=O) groups excluding carboxylic acids is 1. The van der Waals surface area contributed by atoms with Gasteiger partial charge in [-0.2, -0.15) is 9.61 Å². The highest BCUT2D eigenvalue weighted by molar-refractivity contribution is 7.17. The van der Waals surface area contributed by atoms with Gasteiger partial charge in [-0.25, -0.2) is 4.98 Å². The monoisotopic (exact) mass is 387 g/mol. The number of thiazole rings is 1. The zero-order chi connectivity index (χ0) is 19.0. The number of ether oxygens (including phenoxy) is 1. The highest BCUT2D eigenvalue weighted by atomic mass is 32.1. The normalized spacial score (nSPS) is 17.2. The Labute approximate surface area is 160 Å². The number of nitrogens with two attached hydrogens (primary N) is 1. The maximum absolute atomic E-state index is 11.5. The largest absolute Gasteiger partial charge is 0.497 e. The standard InChI is InChI=1S/C18H21N5O3S/c1-26-13-4-2-3-12(9-13)14(22-7-5-11(6-8-22)16(19)24)15-17(25)23-18(27-15)20-10-21-23/h2-4,9-11,14,25H,5-8H2,1H3,(H2,19,24)/t14-/m0/s1. The first-order chi connectivity index (χ1) is 13.1. The molecule has 3 aromatic rings. The topological polar surface area (TPSA) is 106 Å². The van der Waals surface area contributed by atoms with E-state index in [-0.39, 0.29) is 23.7 Å². The number of nitrogens with zero attached hydrogens (tertiary/aromatic N) is 4. The van der Waals surface area contributed by atoms with Gasteiger partial charge in [-0.3, -0.25) is 9.69 Å². The van der Waals surface area contributed by atoms with Crippen molar-refractivity contribution in [1.29, 1.82) is 0 Å². The fourth-order valence-electron chi connectivity index (χ4n) is 3.65. The molecule has 9 heteroatoms. The van der Waals surface area contributed by atoms with Crippen molar-refractivity contribution >= 4 is 22.2 Å². The summed E-state index contributed by atoms with van der Waals surface area (Å²) < 4.78 is 6.83. The van der Waals surface area contributed by atoms with E-state index in [1.165, 1.54) is 22.2 Å². The van der Waals surface area contributed by atoms with E-state index in [0.717, 1.165) is 16.2 Å². The summed E-state index contributed by atoms with van der Waals surface area (Å²) in [4.78, 5) is 19.4. The smallest absolute Gasteiger partial charge is 0.230 e. The van der Waals surface area contributed by atoms with Crippen LogP contribution in [0.25, 0.3) is 4.96 Å². The Kier molecular flexibility index (Phi) is 4.71. The zero-order valence-corrected chi connectivity index (χ0v) is 15.7. The van der Waals surface area contributed by atoms with Gasteiger partial charge in [-0.05, 0) is 43.6 Å². The fourth-order valence-corrected chi connectivity index (χ4v) is 4.75. The summed E-state index contributed by atoms with van der Waals surface area (Å²) >= 11 is 1.41. The van der Waals surface area contributed by atoms with Gasteiger partial charge in [-0.1, -0.05) is 23.5 Å². The molecule has 4 rings (SSSR count). The molecule has 8 nitrogen and oxygen atoms in total. The van der Waals surface area contributed by atoms with Crippen molar-refractivity contribution < 1.29 is 14.6 Å². The van der Waals surface area contributed by atoms with Crippen molar-refractivity contribution in [2.45, 2.75) is 18.9 Å². The number of hydrogen-bond donors (Lipinski definition) is 2. The first kappa shape index (κ1) is 17.7. The van der Waals surface area contributed by atoms with Gasteiger partial charge in [0, 0.05) is 5.92 Å². The van der Waals surface area contributed by atoms with Crippen molar-refractivity contribution in [3.05, 3.63) is 41.0 Å². The van der Waals surface area contributed by atoms with Gasteiger partial charge >= 0.3 is 0 Å². The van der Waals surface area contributed by atoms with Crippen LogP contribution in [0.15, 0.2) is 30.6 Å². The van der Waals surface area contributed by atoms with Crippen molar-refractivity contribution in [2.75, 3.05) is 20.2 Å². The Hall–Kier alpha value is -2.65. The molecule has 0 radical (unpaired) electrons. The summed E-state index contributed by atoms with van der Waals surface area (Å²) in [5, 5.41) is 14.8. The van der Waals surface area contributed by atoms with Gasteiger partial charge in [0.2, 0.25) is 16.7 Å². The first-order valence-corrected chi connectivity index (χ1v) is 9.59. The second kappa shape index (κ2) is 7.16. The first-order valence-electron chi connectivity index (χ1n) is 8.77. The van der Waals surface area contributed by atoms with Crippen LogP contribution in [0, 0.1) is 5.92 Å². The number of aromatic hydroxyl groups is 1. The van der Waals surface area contributed by atoms with E-state index in [0.29, 0.717) is 30.9 Å².